The first-order valence-electron chi connectivity index (χ1n) is 8.06. The van der Waals surface area contributed by atoms with Crippen molar-refractivity contribution in [1.82, 2.24) is 5.32 Å². The number of para-hydroxylation sites is 2. The number of thiocarbonyl (C=S) groups is 1. The molecule has 0 heterocycles. The molecule has 0 aliphatic rings. The van der Waals surface area contributed by atoms with Crippen LogP contribution in [0.5, 0.6) is 5.75 Å². The minimum Gasteiger partial charge on any atom is -0.487 e. The molecule has 25 heavy (non-hydrogen) atoms. The van der Waals surface area contributed by atoms with Crippen LogP contribution < -0.4 is 15.4 Å². The summed E-state index contributed by atoms with van der Waals surface area (Å²) in [5, 5.41) is 5.89. The summed E-state index contributed by atoms with van der Waals surface area (Å²) in [6.07, 6.45) is 1.66. The van der Waals surface area contributed by atoms with E-state index in [9.17, 15) is 4.79 Å². The Morgan fingerprint density at radius 3 is 2.52 bits per heavy atom. The maximum absolute atomic E-state index is 12.3. The molecule has 0 unspecified atom stereocenters. The number of ether oxygens (including phenoxy) is 1. The van der Waals surface area contributed by atoms with Crippen molar-refractivity contribution in [2.45, 2.75) is 19.8 Å². The van der Waals surface area contributed by atoms with Gasteiger partial charge in [0.15, 0.2) is 5.11 Å². The van der Waals surface area contributed by atoms with Crippen LogP contribution in [0.15, 0.2) is 61.2 Å². The molecule has 0 atom stereocenters. The van der Waals surface area contributed by atoms with Crippen molar-refractivity contribution in [3.05, 3.63) is 72.3 Å². The molecule has 0 bridgehead atoms. The molecule has 2 aromatic carbocycles. The fourth-order valence-corrected chi connectivity index (χ4v) is 2.40. The average molecular weight is 354 g/mol. The lowest BCUT2D eigenvalue weighted by molar-refractivity contribution is 0.0977. The molecule has 0 fully saturated rings. The van der Waals surface area contributed by atoms with Crippen LogP contribution in [0.25, 0.3) is 0 Å². The van der Waals surface area contributed by atoms with E-state index in [0.717, 1.165) is 0 Å². The lowest BCUT2D eigenvalue weighted by Crippen LogP contribution is -2.34. The highest BCUT2D eigenvalue weighted by atomic mass is 32.1. The van der Waals surface area contributed by atoms with Crippen molar-refractivity contribution >= 4 is 28.9 Å². The number of nitrogens with one attached hydrogen (secondary N) is 2. The summed E-state index contributed by atoms with van der Waals surface area (Å²) >= 11 is 5.23. The minimum atomic E-state index is -0.253. The van der Waals surface area contributed by atoms with Crippen LogP contribution in [-0.2, 0) is 0 Å². The molecule has 130 valence electrons. The Hall–Kier alpha value is -2.66. The number of rotatable bonds is 6. The van der Waals surface area contributed by atoms with Gasteiger partial charge in [-0.3, -0.25) is 10.1 Å². The van der Waals surface area contributed by atoms with Gasteiger partial charge in [-0.05, 0) is 48.0 Å². The van der Waals surface area contributed by atoms with Gasteiger partial charge in [0, 0.05) is 5.56 Å². The number of hydrogen-bond donors (Lipinski definition) is 2. The van der Waals surface area contributed by atoms with Crippen LogP contribution in [-0.4, -0.2) is 17.6 Å². The Labute approximate surface area is 153 Å². The zero-order valence-corrected chi connectivity index (χ0v) is 15.2. The SMILES string of the molecule is C=CCOc1ccccc1NC(=S)NC(=O)c1ccc(C(C)C)cc1. The molecule has 0 spiro atoms. The zero-order chi connectivity index (χ0) is 18.2. The summed E-state index contributed by atoms with van der Waals surface area (Å²) < 4.78 is 5.56. The number of hydrogen-bond acceptors (Lipinski definition) is 3. The van der Waals surface area contributed by atoms with Crippen LogP contribution in [0.1, 0.15) is 35.7 Å². The summed E-state index contributed by atoms with van der Waals surface area (Å²) in [4.78, 5) is 12.3. The fourth-order valence-electron chi connectivity index (χ4n) is 2.19. The Balaban J connectivity index is 2.00. The van der Waals surface area contributed by atoms with E-state index >= 15 is 0 Å². The molecule has 2 aromatic rings. The Morgan fingerprint density at radius 2 is 1.88 bits per heavy atom. The summed E-state index contributed by atoms with van der Waals surface area (Å²) in [5.74, 6) is 0.810. The Bertz CT molecular complexity index is 755. The first-order valence-corrected chi connectivity index (χ1v) is 8.47. The highest BCUT2D eigenvalue weighted by molar-refractivity contribution is 7.80. The zero-order valence-electron chi connectivity index (χ0n) is 14.4. The van der Waals surface area contributed by atoms with E-state index in [2.05, 4.69) is 31.1 Å². The lowest BCUT2D eigenvalue weighted by atomic mass is 10.0. The lowest BCUT2D eigenvalue weighted by Gasteiger charge is -2.14. The van der Waals surface area contributed by atoms with E-state index in [1.165, 1.54) is 5.56 Å². The second-order valence-corrected chi connectivity index (χ2v) is 6.19. The number of carbonyl (C=O) groups excluding carboxylic acids is 1. The van der Waals surface area contributed by atoms with E-state index in [0.29, 0.717) is 29.5 Å². The van der Waals surface area contributed by atoms with Crippen LogP contribution in [0.2, 0.25) is 0 Å². The molecule has 2 N–H and O–H groups in total. The summed E-state index contributed by atoms with van der Waals surface area (Å²) in [5.41, 5.74) is 2.43. The van der Waals surface area contributed by atoms with Gasteiger partial charge >= 0.3 is 0 Å². The van der Waals surface area contributed by atoms with Crippen LogP contribution in [0, 0.1) is 0 Å². The molecule has 0 aliphatic carbocycles. The third-order valence-corrected chi connectivity index (χ3v) is 3.76. The Morgan fingerprint density at radius 1 is 1.20 bits per heavy atom. The molecule has 4 nitrogen and oxygen atoms in total. The molecule has 5 heteroatoms. The molecule has 0 aromatic heterocycles. The molecular formula is C20H22N2O2S. The number of anilines is 1. The van der Waals surface area contributed by atoms with Gasteiger partial charge in [-0.2, -0.15) is 0 Å². The van der Waals surface area contributed by atoms with Gasteiger partial charge in [-0.1, -0.05) is 50.8 Å². The van der Waals surface area contributed by atoms with Crippen molar-refractivity contribution in [3.8, 4) is 5.75 Å². The van der Waals surface area contributed by atoms with Crippen LogP contribution >= 0.6 is 12.2 Å². The van der Waals surface area contributed by atoms with Gasteiger partial charge in [-0.15, -0.1) is 0 Å². The molecule has 2 rings (SSSR count). The van der Waals surface area contributed by atoms with Gasteiger partial charge in [0.05, 0.1) is 5.69 Å². The van der Waals surface area contributed by atoms with Crippen LogP contribution in [0.3, 0.4) is 0 Å². The molecule has 1 amide bonds. The fraction of sp³-hybridized carbons (Fsp3) is 0.200. The van der Waals surface area contributed by atoms with E-state index < -0.39 is 0 Å². The van der Waals surface area contributed by atoms with E-state index in [1.54, 1.807) is 18.2 Å². The molecule has 0 aliphatic heterocycles. The van der Waals surface area contributed by atoms with Gasteiger partial charge < -0.3 is 10.1 Å². The first-order chi connectivity index (χ1) is 12.0. The quantitative estimate of drug-likeness (QED) is 0.592. The highest BCUT2D eigenvalue weighted by Gasteiger charge is 2.10. The predicted molar refractivity (Wildman–Crippen MR) is 106 cm³/mol. The number of benzene rings is 2. The monoisotopic (exact) mass is 354 g/mol. The molecule has 0 saturated carbocycles. The third-order valence-electron chi connectivity index (χ3n) is 3.56. The van der Waals surface area contributed by atoms with Gasteiger partial charge in [-0.25, -0.2) is 0 Å². The normalized spacial score (nSPS) is 10.2. The van der Waals surface area contributed by atoms with Crippen molar-refractivity contribution in [3.63, 3.8) is 0 Å². The van der Waals surface area contributed by atoms with Gasteiger partial charge in [0.1, 0.15) is 12.4 Å². The van der Waals surface area contributed by atoms with E-state index in [4.69, 9.17) is 17.0 Å². The largest absolute Gasteiger partial charge is 0.487 e. The third kappa shape index (κ3) is 5.43. The van der Waals surface area contributed by atoms with E-state index in [-0.39, 0.29) is 11.0 Å². The second kappa shape index (κ2) is 8.99. The summed E-state index contributed by atoms with van der Waals surface area (Å²) in [6.45, 7) is 8.24. The maximum Gasteiger partial charge on any atom is 0.257 e. The van der Waals surface area contributed by atoms with Crippen molar-refractivity contribution in [2.24, 2.45) is 0 Å². The van der Waals surface area contributed by atoms with Gasteiger partial charge in [0.2, 0.25) is 0 Å². The second-order valence-electron chi connectivity index (χ2n) is 5.78. The number of amides is 1. The summed E-state index contributed by atoms with van der Waals surface area (Å²) in [7, 11) is 0. The maximum atomic E-state index is 12.3. The molecule has 0 saturated heterocycles. The topological polar surface area (TPSA) is 50.4 Å². The smallest absolute Gasteiger partial charge is 0.257 e. The van der Waals surface area contributed by atoms with Crippen molar-refractivity contribution in [2.75, 3.05) is 11.9 Å². The molecular weight excluding hydrogens is 332 g/mol. The van der Waals surface area contributed by atoms with Crippen molar-refractivity contribution < 1.29 is 9.53 Å². The summed E-state index contributed by atoms with van der Waals surface area (Å²) in [6, 6.07) is 14.9. The van der Waals surface area contributed by atoms with E-state index in [1.807, 2.05) is 36.4 Å². The Kier molecular flexibility index (Phi) is 6.71. The standard InChI is InChI=1S/C20H22N2O2S/c1-4-13-24-18-8-6-5-7-17(18)21-20(25)22-19(23)16-11-9-15(10-12-16)14(2)3/h4-12,14H,1,13H2,2-3H3,(H2,21,22,23,25). The van der Waals surface area contributed by atoms with Gasteiger partial charge in [0.25, 0.3) is 5.91 Å². The highest BCUT2D eigenvalue weighted by Crippen LogP contribution is 2.23. The minimum absolute atomic E-state index is 0.215. The first kappa shape index (κ1) is 18.7. The average Bonchev–Trinajstić information content (AvgIpc) is 2.61. The number of carbonyl (C=O) groups is 1. The predicted octanol–water partition coefficient (Wildman–Crippen LogP) is 4.50. The van der Waals surface area contributed by atoms with Crippen LogP contribution in [0.4, 0.5) is 5.69 Å². The van der Waals surface area contributed by atoms with Crippen molar-refractivity contribution in [1.29, 1.82) is 0 Å². The molecule has 0 radical (unpaired) electrons.